The van der Waals surface area contributed by atoms with Crippen LogP contribution in [0.4, 0.5) is 0 Å². The summed E-state index contributed by atoms with van der Waals surface area (Å²) in [6.07, 6.45) is 1.88. The summed E-state index contributed by atoms with van der Waals surface area (Å²) in [5.41, 5.74) is 1.12. The summed E-state index contributed by atoms with van der Waals surface area (Å²) in [5.74, 6) is 1.77. The molecule has 0 aliphatic rings. The van der Waals surface area contributed by atoms with Gasteiger partial charge in [0, 0.05) is 11.8 Å². The topological polar surface area (TPSA) is 87.0 Å². The number of carbonyl (C=O) groups excluding carboxylic acids is 1. The molecule has 0 aliphatic carbocycles. The van der Waals surface area contributed by atoms with Crippen molar-refractivity contribution < 1.29 is 19.0 Å². The van der Waals surface area contributed by atoms with Crippen LogP contribution in [0.25, 0.3) is 5.65 Å². The van der Waals surface area contributed by atoms with Crippen LogP contribution in [0.1, 0.15) is 36.1 Å². The number of carbonyl (C=O) groups is 1. The third kappa shape index (κ3) is 3.58. The first-order chi connectivity index (χ1) is 13.5. The van der Waals surface area contributed by atoms with Gasteiger partial charge in [-0.15, -0.1) is 10.2 Å². The quantitative estimate of drug-likeness (QED) is 0.674. The van der Waals surface area contributed by atoms with Gasteiger partial charge in [-0.3, -0.25) is 9.20 Å². The number of methoxy groups -OCH3 is 3. The lowest BCUT2D eigenvalue weighted by molar-refractivity contribution is 0.0922. The number of aromatic nitrogens is 3. The SMILES string of the molecule is COc1cc(C(=O)NC(c2nnc3ccccn23)C(C)C)cc(OC)c1OC. The summed E-state index contributed by atoms with van der Waals surface area (Å²) in [6.45, 7) is 4.04. The molecule has 8 nitrogen and oxygen atoms in total. The molecule has 2 aromatic heterocycles. The van der Waals surface area contributed by atoms with Crippen LogP contribution in [-0.4, -0.2) is 41.8 Å². The van der Waals surface area contributed by atoms with Crippen molar-refractivity contribution in [1.82, 2.24) is 19.9 Å². The van der Waals surface area contributed by atoms with Crippen molar-refractivity contribution in [2.24, 2.45) is 5.92 Å². The molecule has 28 heavy (non-hydrogen) atoms. The number of nitrogens with zero attached hydrogens (tertiary/aromatic N) is 3. The first-order valence-electron chi connectivity index (χ1n) is 8.90. The molecule has 3 aromatic rings. The molecule has 3 rings (SSSR count). The number of nitrogens with one attached hydrogen (secondary N) is 1. The fraction of sp³-hybridized carbons (Fsp3) is 0.350. The van der Waals surface area contributed by atoms with Crippen molar-refractivity contribution >= 4 is 11.6 Å². The van der Waals surface area contributed by atoms with E-state index >= 15 is 0 Å². The monoisotopic (exact) mass is 384 g/mol. The van der Waals surface area contributed by atoms with Crippen molar-refractivity contribution in [2.45, 2.75) is 19.9 Å². The average Bonchev–Trinajstić information content (AvgIpc) is 3.14. The zero-order chi connectivity index (χ0) is 20.3. The number of hydrogen-bond acceptors (Lipinski definition) is 6. The minimum atomic E-state index is -0.330. The summed E-state index contributed by atoms with van der Waals surface area (Å²) in [5, 5.41) is 11.5. The van der Waals surface area contributed by atoms with Gasteiger partial charge in [-0.05, 0) is 30.2 Å². The molecular formula is C20H24N4O4. The van der Waals surface area contributed by atoms with Gasteiger partial charge in [0.15, 0.2) is 23.0 Å². The average molecular weight is 384 g/mol. The third-order valence-electron chi connectivity index (χ3n) is 4.50. The van der Waals surface area contributed by atoms with Crippen molar-refractivity contribution in [1.29, 1.82) is 0 Å². The van der Waals surface area contributed by atoms with Gasteiger partial charge in [-0.1, -0.05) is 19.9 Å². The number of amides is 1. The van der Waals surface area contributed by atoms with Gasteiger partial charge < -0.3 is 19.5 Å². The van der Waals surface area contributed by atoms with Crippen LogP contribution < -0.4 is 19.5 Å². The normalized spacial score (nSPS) is 12.1. The molecule has 0 saturated carbocycles. The Balaban J connectivity index is 1.95. The minimum Gasteiger partial charge on any atom is -0.493 e. The lowest BCUT2D eigenvalue weighted by atomic mass is 10.0. The van der Waals surface area contributed by atoms with Crippen LogP contribution in [0.3, 0.4) is 0 Å². The molecule has 0 aliphatic heterocycles. The number of ether oxygens (including phenoxy) is 3. The number of pyridine rings is 1. The van der Waals surface area contributed by atoms with E-state index in [4.69, 9.17) is 14.2 Å². The molecule has 0 saturated heterocycles. The molecule has 1 amide bonds. The van der Waals surface area contributed by atoms with Gasteiger partial charge in [-0.25, -0.2) is 0 Å². The largest absolute Gasteiger partial charge is 0.493 e. The van der Waals surface area contributed by atoms with Crippen molar-refractivity contribution in [3.63, 3.8) is 0 Å². The van der Waals surface area contributed by atoms with E-state index in [-0.39, 0.29) is 17.9 Å². The second-order valence-corrected chi connectivity index (χ2v) is 6.60. The highest BCUT2D eigenvalue weighted by Crippen LogP contribution is 2.38. The van der Waals surface area contributed by atoms with Crippen LogP contribution >= 0.6 is 0 Å². The van der Waals surface area contributed by atoms with E-state index in [1.165, 1.54) is 21.3 Å². The predicted molar refractivity (Wildman–Crippen MR) is 104 cm³/mol. The Morgan fingerprint density at radius 1 is 1.04 bits per heavy atom. The number of rotatable bonds is 7. The fourth-order valence-electron chi connectivity index (χ4n) is 3.04. The van der Waals surface area contributed by atoms with E-state index in [9.17, 15) is 4.79 Å². The third-order valence-corrected chi connectivity index (χ3v) is 4.50. The number of fused-ring (bicyclic) bond motifs is 1. The molecule has 0 spiro atoms. The molecule has 1 atom stereocenters. The maximum absolute atomic E-state index is 13.0. The maximum Gasteiger partial charge on any atom is 0.252 e. The summed E-state index contributed by atoms with van der Waals surface area (Å²) >= 11 is 0. The van der Waals surface area contributed by atoms with E-state index in [0.29, 0.717) is 28.6 Å². The highest BCUT2D eigenvalue weighted by molar-refractivity contribution is 5.95. The van der Waals surface area contributed by atoms with Crippen LogP contribution in [-0.2, 0) is 0 Å². The first-order valence-corrected chi connectivity index (χ1v) is 8.90. The molecule has 1 N–H and O–H groups in total. The molecular weight excluding hydrogens is 360 g/mol. The molecule has 8 heteroatoms. The second kappa shape index (κ2) is 8.16. The minimum absolute atomic E-state index is 0.0959. The van der Waals surface area contributed by atoms with Gasteiger partial charge >= 0.3 is 0 Å². The lowest BCUT2D eigenvalue weighted by Crippen LogP contribution is -2.33. The molecule has 148 valence electrons. The van der Waals surface area contributed by atoms with Crippen LogP contribution in [0.15, 0.2) is 36.5 Å². The number of hydrogen-bond donors (Lipinski definition) is 1. The van der Waals surface area contributed by atoms with E-state index in [0.717, 1.165) is 5.65 Å². The predicted octanol–water partition coefficient (Wildman–Crippen LogP) is 2.88. The van der Waals surface area contributed by atoms with Crippen LogP contribution in [0, 0.1) is 5.92 Å². The van der Waals surface area contributed by atoms with Crippen LogP contribution in [0.2, 0.25) is 0 Å². The van der Waals surface area contributed by atoms with Gasteiger partial charge in [0.25, 0.3) is 5.91 Å². The Morgan fingerprint density at radius 3 is 2.29 bits per heavy atom. The Bertz CT molecular complexity index is 958. The highest BCUT2D eigenvalue weighted by atomic mass is 16.5. The Hall–Kier alpha value is -3.29. The fourth-order valence-corrected chi connectivity index (χ4v) is 3.04. The zero-order valence-corrected chi connectivity index (χ0v) is 16.6. The van der Waals surface area contributed by atoms with Gasteiger partial charge in [0.2, 0.25) is 5.75 Å². The first kappa shape index (κ1) is 19.5. The second-order valence-electron chi connectivity index (χ2n) is 6.60. The Kier molecular flexibility index (Phi) is 5.67. The number of benzene rings is 1. The molecule has 0 bridgehead atoms. The van der Waals surface area contributed by atoms with Crippen molar-refractivity contribution in [3.05, 3.63) is 47.9 Å². The van der Waals surface area contributed by atoms with E-state index < -0.39 is 0 Å². The van der Waals surface area contributed by atoms with Crippen LogP contribution in [0.5, 0.6) is 17.2 Å². The van der Waals surface area contributed by atoms with Gasteiger partial charge in [0.1, 0.15) is 0 Å². The Labute approximate surface area is 163 Å². The standard InChI is InChI=1S/C20H24N4O4/c1-12(2)17(19-23-22-16-8-6-7-9-24(16)19)21-20(25)13-10-14(26-3)18(28-5)15(11-13)27-4/h6-12,17H,1-5H3,(H,21,25). The van der Waals surface area contributed by atoms with E-state index in [2.05, 4.69) is 15.5 Å². The van der Waals surface area contributed by atoms with E-state index in [1.807, 2.05) is 42.6 Å². The molecule has 2 heterocycles. The molecule has 1 unspecified atom stereocenters. The van der Waals surface area contributed by atoms with Gasteiger partial charge in [0.05, 0.1) is 27.4 Å². The van der Waals surface area contributed by atoms with E-state index in [1.54, 1.807) is 12.1 Å². The summed E-state index contributed by atoms with van der Waals surface area (Å²) in [4.78, 5) is 13.0. The van der Waals surface area contributed by atoms with Crippen molar-refractivity contribution in [2.75, 3.05) is 21.3 Å². The Morgan fingerprint density at radius 2 is 1.71 bits per heavy atom. The van der Waals surface area contributed by atoms with Gasteiger partial charge in [-0.2, -0.15) is 0 Å². The smallest absolute Gasteiger partial charge is 0.252 e. The maximum atomic E-state index is 13.0. The molecule has 0 radical (unpaired) electrons. The summed E-state index contributed by atoms with van der Waals surface area (Å²) in [6, 6.07) is 8.58. The highest BCUT2D eigenvalue weighted by Gasteiger charge is 2.25. The summed E-state index contributed by atoms with van der Waals surface area (Å²) in [7, 11) is 4.54. The molecule has 1 aromatic carbocycles. The lowest BCUT2D eigenvalue weighted by Gasteiger charge is -2.21. The zero-order valence-electron chi connectivity index (χ0n) is 16.6. The van der Waals surface area contributed by atoms with Crippen molar-refractivity contribution in [3.8, 4) is 17.2 Å². The molecule has 0 fully saturated rings. The summed E-state index contributed by atoms with van der Waals surface area (Å²) < 4.78 is 17.9.